The maximum absolute atomic E-state index is 11.8. The molecule has 1 aliphatic rings. The Hall–Kier alpha value is -1.55. The van der Waals surface area contributed by atoms with E-state index < -0.39 is 11.9 Å². The maximum atomic E-state index is 11.8. The number of primary amides is 1. The van der Waals surface area contributed by atoms with Gasteiger partial charge in [-0.15, -0.1) is 0 Å². The van der Waals surface area contributed by atoms with Gasteiger partial charge in [0.25, 0.3) is 0 Å². The van der Waals surface area contributed by atoms with E-state index in [1.807, 2.05) is 0 Å². The van der Waals surface area contributed by atoms with Crippen LogP contribution in [0.2, 0.25) is 5.02 Å². The van der Waals surface area contributed by atoms with Crippen LogP contribution in [0.25, 0.3) is 0 Å². The SMILES string of the molecule is C[C@@H](C(N)=O)N1C(=O)Cc2cc(Cl)ccc21. The summed E-state index contributed by atoms with van der Waals surface area (Å²) in [4.78, 5) is 24.3. The van der Waals surface area contributed by atoms with Crippen LogP contribution in [0, 0.1) is 0 Å². The molecule has 84 valence electrons. The molecular weight excluding hydrogens is 228 g/mol. The fraction of sp³-hybridized carbons (Fsp3) is 0.273. The van der Waals surface area contributed by atoms with Crippen LogP contribution in [-0.4, -0.2) is 17.9 Å². The molecule has 2 rings (SSSR count). The Balaban J connectivity index is 2.44. The van der Waals surface area contributed by atoms with E-state index in [9.17, 15) is 9.59 Å². The molecule has 1 aromatic carbocycles. The summed E-state index contributed by atoms with van der Waals surface area (Å²) in [6, 6.07) is 4.54. The third-order valence-corrected chi connectivity index (χ3v) is 2.95. The number of rotatable bonds is 2. The summed E-state index contributed by atoms with van der Waals surface area (Å²) in [7, 11) is 0. The number of carbonyl (C=O) groups is 2. The average molecular weight is 239 g/mol. The molecule has 0 radical (unpaired) electrons. The molecule has 2 amide bonds. The number of hydrogen-bond donors (Lipinski definition) is 1. The highest BCUT2D eigenvalue weighted by molar-refractivity contribution is 6.31. The Morgan fingerprint density at radius 3 is 2.88 bits per heavy atom. The van der Waals surface area contributed by atoms with E-state index in [1.165, 1.54) is 4.90 Å². The van der Waals surface area contributed by atoms with Crippen molar-refractivity contribution in [1.82, 2.24) is 0 Å². The predicted octanol–water partition coefficient (Wildman–Crippen LogP) is 1.10. The molecule has 0 spiro atoms. The summed E-state index contributed by atoms with van der Waals surface area (Å²) in [6.07, 6.45) is 0.271. The van der Waals surface area contributed by atoms with Crippen LogP contribution in [0.5, 0.6) is 0 Å². The van der Waals surface area contributed by atoms with E-state index in [4.69, 9.17) is 17.3 Å². The number of hydrogen-bond acceptors (Lipinski definition) is 2. The van der Waals surface area contributed by atoms with Crippen molar-refractivity contribution in [2.75, 3.05) is 4.90 Å². The molecule has 1 atom stereocenters. The summed E-state index contributed by atoms with van der Waals surface area (Å²) in [5.74, 6) is -0.639. The molecule has 0 aliphatic carbocycles. The minimum absolute atomic E-state index is 0.122. The summed E-state index contributed by atoms with van der Waals surface area (Å²) < 4.78 is 0. The van der Waals surface area contributed by atoms with E-state index in [2.05, 4.69) is 0 Å². The number of nitrogens with zero attached hydrogens (tertiary/aromatic N) is 1. The average Bonchev–Trinajstić information content (AvgIpc) is 2.51. The van der Waals surface area contributed by atoms with Gasteiger partial charge in [0.05, 0.1) is 6.42 Å². The van der Waals surface area contributed by atoms with Crippen molar-refractivity contribution < 1.29 is 9.59 Å². The lowest BCUT2D eigenvalue weighted by Gasteiger charge is -2.22. The van der Waals surface area contributed by atoms with Gasteiger partial charge in [-0.05, 0) is 30.7 Å². The zero-order valence-electron chi connectivity index (χ0n) is 8.74. The first kappa shape index (κ1) is 11.0. The van der Waals surface area contributed by atoms with Gasteiger partial charge in [0.1, 0.15) is 6.04 Å². The minimum atomic E-state index is -0.630. The Bertz CT molecular complexity index is 473. The third-order valence-electron chi connectivity index (χ3n) is 2.71. The number of nitrogens with two attached hydrogens (primary N) is 1. The van der Waals surface area contributed by atoms with E-state index in [1.54, 1.807) is 25.1 Å². The zero-order chi connectivity index (χ0) is 11.9. The van der Waals surface area contributed by atoms with Crippen LogP contribution >= 0.6 is 11.6 Å². The van der Waals surface area contributed by atoms with Gasteiger partial charge in [-0.3, -0.25) is 14.5 Å². The fourth-order valence-electron chi connectivity index (χ4n) is 1.86. The number of anilines is 1. The Morgan fingerprint density at radius 2 is 2.25 bits per heavy atom. The Morgan fingerprint density at radius 1 is 1.56 bits per heavy atom. The quantitative estimate of drug-likeness (QED) is 0.839. The molecule has 0 saturated heterocycles. The lowest BCUT2D eigenvalue weighted by atomic mass is 10.1. The fourth-order valence-corrected chi connectivity index (χ4v) is 2.06. The van der Waals surface area contributed by atoms with Gasteiger partial charge in [-0.1, -0.05) is 11.6 Å². The lowest BCUT2D eigenvalue weighted by Crippen LogP contribution is -2.44. The molecule has 4 nitrogen and oxygen atoms in total. The van der Waals surface area contributed by atoms with Crippen molar-refractivity contribution in [3.63, 3.8) is 0 Å². The molecule has 0 fully saturated rings. The van der Waals surface area contributed by atoms with E-state index in [0.717, 1.165) is 11.3 Å². The van der Waals surface area contributed by atoms with Crippen LogP contribution < -0.4 is 10.6 Å². The van der Waals surface area contributed by atoms with Gasteiger partial charge in [-0.2, -0.15) is 0 Å². The smallest absolute Gasteiger partial charge is 0.240 e. The second kappa shape index (κ2) is 3.79. The van der Waals surface area contributed by atoms with Gasteiger partial charge in [-0.25, -0.2) is 0 Å². The lowest BCUT2D eigenvalue weighted by molar-refractivity contribution is -0.123. The molecule has 1 aromatic rings. The van der Waals surface area contributed by atoms with Crippen molar-refractivity contribution in [2.24, 2.45) is 5.73 Å². The Kier molecular flexibility index (Phi) is 2.59. The first-order chi connectivity index (χ1) is 7.50. The number of carbonyl (C=O) groups excluding carboxylic acids is 2. The van der Waals surface area contributed by atoms with Crippen molar-refractivity contribution in [3.05, 3.63) is 28.8 Å². The van der Waals surface area contributed by atoms with Crippen molar-refractivity contribution in [1.29, 1.82) is 0 Å². The topological polar surface area (TPSA) is 63.4 Å². The highest BCUT2D eigenvalue weighted by Gasteiger charge is 2.33. The Labute approximate surface area is 98.0 Å². The van der Waals surface area contributed by atoms with Crippen LogP contribution in [0.4, 0.5) is 5.69 Å². The zero-order valence-corrected chi connectivity index (χ0v) is 9.49. The van der Waals surface area contributed by atoms with Gasteiger partial charge < -0.3 is 5.73 Å². The first-order valence-electron chi connectivity index (χ1n) is 4.90. The monoisotopic (exact) mass is 238 g/mol. The largest absolute Gasteiger partial charge is 0.368 e. The molecule has 0 aromatic heterocycles. The third kappa shape index (κ3) is 1.65. The van der Waals surface area contributed by atoms with Crippen molar-refractivity contribution in [2.45, 2.75) is 19.4 Å². The summed E-state index contributed by atoms with van der Waals surface area (Å²) in [6.45, 7) is 1.62. The summed E-state index contributed by atoms with van der Waals surface area (Å²) >= 11 is 5.84. The van der Waals surface area contributed by atoms with E-state index in [-0.39, 0.29) is 12.3 Å². The number of halogens is 1. The maximum Gasteiger partial charge on any atom is 0.240 e. The van der Waals surface area contributed by atoms with Crippen molar-refractivity contribution >= 4 is 29.1 Å². The summed E-state index contributed by atoms with van der Waals surface area (Å²) in [5, 5.41) is 0.583. The molecule has 0 bridgehead atoms. The molecule has 5 heteroatoms. The second-order valence-electron chi connectivity index (χ2n) is 3.79. The van der Waals surface area contributed by atoms with Crippen LogP contribution in [0.3, 0.4) is 0 Å². The predicted molar refractivity (Wildman–Crippen MR) is 61.3 cm³/mol. The van der Waals surface area contributed by atoms with Gasteiger partial charge in [0.2, 0.25) is 11.8 Å². The standard InChI is InChI=1S/C11H11ClN2O2/c1-6(11(13)16)14-9-3-2-8(12)4-7(9)5-10(14)15/h2-4,6H,5H2,1H3,(H2,13,16)/t6-/m0/s1. The van der Waals surface area contributed by atoms with Crippen LogP contribution in [-0.2, 0) is 16.0 Å². The number of fused-ring (bicyclic) bond motifs is 1. The highest BCUT2D eigenvalue weighted by atomic mass is 35.5. The number of benzene rings is 1. The second-order valence-corrected chi connectivity index (χ2v) is 4.23. The van der Waals surface area contributed by atoms with E-state index in [0.29, 0.717) is 5.02 Å². The van der Waals surface area contributed by atoms with Crippen LogP contribution in [0.1, 0.15) is 12.5 Å². The molecule has 0 saturated carbocycles. The number of amides is 2. The summed E-state index contributed by atoms with van der Waals surface area (Å²) in [5.41, 5.74) is 6.77. The van der Waals surface area contributed by atoms with Crippen molar-refractivity contribution in [3.8, 4) is 0 Å². The molecule has 0 unspecified atom stereocenters. The van der Waals surface area contributed by atoms with Gasteiger partial charge in [0.15, 0.2) is 0 Å². The molecule has 16 heavy (non-hydrogen) atoms. The minimum Gasteiger partial charge on any atom is -0.368 e. The van der Waals surface area contributed by atoms with Crippen LogP contribution in [0.15, 0.2) is 18.2 Å². The molecule has 1 heterocycles. The first-order valence-corrected chi connectivity index (χ1v) is 5.28. The molecular formula is C11H11ClN2O2. The molecule has 2 N–H and O–H groups in total. The van der Waals surface area contributed by atoms with Gasteiger partial charge >= 0.3 is 0 Å². The molecule has 1 aliphatic heterocycles. The normalized spacial score (nSPS) is 16.1. The van der Waals surface area contributed by atoms with Gasteiger partial charge in [0, 0.05) is 10.7 Å². The highest BCUT2D eigenvalue weighted by Crippen LogP contribution is 2.32. The van der Waals surface area contributed by atoms with E-state index >= 15 is 0 Å².